The number of hydrogen-bond donors (Lipinski definition) is 1. The predicted molar refractivity (Wildman–Crippen MR) is 137 cm³/mol. The molecule has 0 fully saturated rings. The van der Waals surface area contributed by atoms with E-state index in [0.717, 1.165) is 5.56 Å². The van der Waals surface area contributed by atoms with Gasteiger partial charge in [0.2, 0.25) is 5.91 Å². The first-order valence-electron chi connectivity index (χ1n) is 12.1. The molecule has 0 aliphatic rings. The molecule has 2 aromatic carbocycles. The van der Waals surface area contributed by atoms with Gasteiger partial charge in [-0.05, 0) is 43.2 Å². The number of ether oxygens (including phenoxy) is 2. The average molecular weight is 517 g/mol. The second-order valence-electron chi connectivity index (χ2n) is 8.57. The summed E-state index contributed by atoms with van der Waals surface area (Å²) in [6.45, 7) is 2.01. The lowest BCUT2D eigenvalue weighted by Crippen LogP contribution is -2.42. The first-order valence-corrected chi connectivity index (χ1v) is 12.1. The van der Waals surface area contributed by atoms with E-state index in [1.807, 2.05) is 0 Å². The highest BCUT2D eigenvalue weighted by molar-refractivity contribution is 6.02. The highest BCUT2D eigenvalue weighted by Crippen LogP contribution is 2.23. The number of aryl methyl sites for hydroxylation is 1. The standard InChI is InChI=1S/C29H28N2O7/c1-19-24(31-29(38-19)25-9-6-16-36-25)18-37-22-12-10-20(11-13-22)17-26(32)30-23(14-15-27(33)35-2)28(34)21-7-4-3-5-8-21/h3-13,16,23H,14-15,17-18H2,1-2H3,(H,30,32). The normalized spacial score (nSPS) is 11.5. The molecule has 0 spiro atoms. The van der Waals surface area contributed by atoms with Gasteiger partial charge in [0.15, 0.2) is 11.5 Å². The van der Waals surface area contributed by atoms with Crippen molar-refractivity contribution >= 4 is 17.7 Å². The minimum Gasteiger partial charge on any atom is -0.487 e. The number of nitrogens with one attached hydrogen (secondary N) is 1. The summed E-state index contributed by atoms with van der Waals surface area (Å²) >= 11 is 0. The zero-order valence-electron chi connectivity index (χ0n) is 21.1. The van der Waals surface area contributed by atoms with Crippen LogP contribution in [0.2, 0.25) is 0 Å². The second-order valence-corrected chi connectivity index (χ2v) is 8.57. The molecule has 0 aliphatic carbocycles. The molecule has 0 saturated carbocycles. The topological polar surface area (TPSA) is 121 Å². The van der Waals surface area contributed by atoms with Gasteiger partial charge in [0, 0.05) is 12.0 Å². The Balaban J connectivity index is 1.33. The number of carbonyl (C=O) groups excluding carboxylic acids is 3. The predicted octanol–water partition coefficient (Wildman–Crippen LogP) is 4.69. The summed E-state index contributed by atoms with van der Waals surface area (Å²) < 4.78 is 21.5. The van der Waals surface area contributed by atoms with E-state index in [1.54, 1.807) is 79.9 Å². The number of nitrogens with zero attached hydrogens (tertiary/aromatic N) is 1. The van der Waals surface area contributed by atoms with Crippen LogP contribution in [-0.2, 0) is 27.4 Å². The Hall–Kier alpha value is -4.66. The minimum atomic E-state index is -0.844. The number of rotatable bonds is 12. The average Bonchev–Trinajstić information content (AvgIpc) is 3.60. The van der Waals surface area contributed by atoms with Gasteiger partial charge < -0.3 is 23.6 Å². The van der Waals surface area contributed by atoms with Gasteiger partial charge in [-0.2, -0.15) is 0 Å². The molecule has 2 heterocycles. The van der Waals surface area contributed by atoms with Crippen molar-refractivity contribution in [3.05, 3.63) is 95.6 Å². The molecule has 0 saturated heterocycles. The lowest BCUT2D eigenvalue weighted by molar-refractivity contribution is -0.141. The molecule has 0 bridgehead atoms. The van der Waals surface area contributed by atoms with Crippen LogP contribution in [0.4, 0.5) is 0 Å². The first kappa shape index (κ1) is 26.4. The van der Waals surface area contributed by atoms with Gasteiger partial charge in [-0.1, -0.05) is 42.5 Å². The molecule has 1 N–H and O–H groups in total. The summed E-state index contributed by atoms with van der Waals surface area (Å²) in [5.74, 6) is 1.14. The third kappa shape index (κ3) is 6.97. The third-order valence-corrected chi connectivity index (χ3v) is 5.86. The van der Waals surface area contributed by atoms with Crippen molar-refractivity contribution in [2.75, 3.05) is 7.11 Å². The second kappa shape index (κ2) is 12.5. The maximum atomic E-state index is 13.0. The van der Waals surface area contributed by atoms with Gasteiger partial charge >= 0.3 is 5.97 Å². The Labute approximate surface area is 219 Å². The number of esters is 1. The summed E-state index contributed by atoms with van der Waals surface area (Å²) in [6.07, 6.45) is 1.77. The maximum Gasteiger partial charge on any atom is 0.305 e. The third-order valence-electron chi connectivity index (χ3n) is 5.86. The van der Waals surface area contributed by atoms with Gasteiger partial charge in [-0.15, -0.1) is 0 Å². The van der Waals surface area contributed by atoms with Crippen LogP contribution in [0.1, 0.15) is 40.2 Å². The molecule has 4 aromatic rings. The van der Waals surface area contributed by atoms with Crippen molar-refractivity contribution < 1.29 is 32.7 Å². The number of ketones is 1. The molecule has 1 unspecified atom stereocenters. The van der Waals surface area contributed by atoms with Gasteiger partial charge in [0.1, 0.15) is 23.8 Å². The van der Waals surface area contributed by atoms with Crippen molar-refractivity contribution in [2.45, 2.75) is 38.8 Å². The quantitative estimate of drug-likeness (QED) is 0.213. The summed E-state index contributed by atoms with van der Waals surface area (Å²) in [4.78, 5) is 41.8. The molecule has 196 valence electrons. The molecule has 1 amide bonds. The minimum absolute atomic E-state index is 0.0139. The van der Waals surface area contributed by atoms with Crippen LogP contribution in [-0.4, -0.2) is 35.8 Å². The molecular weight excluding hydrogens is 488 g/mol. The van der Waals surface area contributed by atoms with Crippen LogP contribution in [0.5, 0.6) is 5.75 Å². The SMILES string of the molecule is COC(=O)CCC(NC(=O)Cc1ccc(OCc2nc(-c3ccco3)oc2C)cc1)C(=O)c1ccccc1. The Kier molecular flexibility index (Phi) is 8.71. The van der Waals surface area contributed by atoms with Crippen molar-refractivity contribution in [2.24, 2.45) is 0 Å². The number of furan rings is 1. The zero-order chi connectivity index (χ0) is 26.9. The van der Waals surface area contributed by atoms with Gasteiger partial charge in [-0.25, -0.2) is 4.98 Å². The van der Waals surface area contributed by atoms with Gasteiger partial charge in [-0.3, -0.25) is 14.4 Å². The number of hydrogen-bond acceptors (Lipinski definition) is 8. The Bertz CT molecular complexity index is 1360. The lowest BCUT2D eigenvalue weighted by Gasteiger charge is -2.17. The number of Topliss-reactive ketones (excluding diaryl/α,β-unsaturated/α-hetero) is 1. The van der Waals surface area contributed by atoms with Crippen LogP contribution in [0.25, 0.3) is 11.7 Å². The number of methoxy groups -OCH3 is 1. The fourth-order valence-corrected chi connectivity index (χ4v) is 3.79. The van der Waals surface area contributed by atoms with Crippen LogP contribution >= 0.6 is 0 Å². The largest absolute Gasteiger partial charge is 0.487 e. The zero-order valence-corrected chi connectivity index (χ0v) is 21.1. The summed E-state index contributed by atoms with van der Waals surface area (Å²) in [5.41, 5.74) is 1.86. The van der Waals surface area contributed by atoms with Crippen molar-refractivity contribution in [3.8, 4) is 17.4 Å². The smallest absolute Gasteiger partial charge is 0.305 e. The van der Waals surface area contributed by atoms with E-state index < -0.39 is 12.0 Å². The van der Waals surface area contributed by atoms with Crippen LogP contribution < -0.4 is 10.1 Å². The number of aromatic nitrogens is 1. The van der Waals surface area contributed by atoms with E-state index in [9.17, 15) is 14.4 Å². The fourth-order valence-electron chi connectivity index (χ4n) is 3.79. The van der Waals surface area contributed by atoms with Crippen molar-refractivity contribution in [3.63, 3.8) is 0 Å². The highest BCUT2D eigenvalue weighted by Gasteiger charge is 2.23. The highest BCUT2D eigenvalue weighted by atomic mass is 16.5. The van der Waals surface area contributed by atoms with Crippen molar-refractivity contribution in [1.29, 1.82) is 0 Å². The monoisotopic (exact) mass is 516 g/mol. The van der Waals surface area contributed by atoms with Crippen LogP contribution in [0.15, 0.2) is 81.8 Å². The maximum absolute atomic E-state index is 13.0. The molecule has 2 aromatic heterocycles. The van der Waals surface area contributed by atoms with E-state index in [0.29, 0.717) is 34.4 Å². The molecule has 1 atom stereocenters. The number of amides is 1. The van der Waals surface area contributed by atoms with Crippen LogP contribution in [0, 0.1) is 6.92 Å². The summed E-state index contributed by atoms with van der Waals surface area (Å²) in [6, 6.07) is 18.4. The van der Waals surface area contributed by atoms with E-state index in [4.69, 9.17) is 13.6 Å². The number of carbonyl (C=O) groups is 3. The molecule has 9 heteroatoms. The summed E-state index contributed by atoms with van der Waals surface area (Å²) in [5, 5.41) is 2.77. The van der Waals surface area contributed by atoms with E-state index in [-0.39, 0.29) is 37.6 Å². The molecule has 38 heavy (non-hydrogen) atoms. The molecular formula is C29H28N2O7. The van der Waals surface area contributed by atoms with Gasteiger partial charge in [0.25, 0.3) is 5.89 Å². The number of benzene rings is 2. The molecule has 4 rings (SSSR count). The fraction of sp³-hybridized carbons (Fsp3) is 0.241. The van der Waals surface area contributed by atoms with E-state index in [2.05, 4.69) is 15.0 Å². The first-order chi connectivity index (χ1) is 18.4. The summed E-state index contributed by atoms with van der Waals surface area (Å²) in [7, 11) is 1.29. The van der Waals surface area contributed by atoms with E-state index >= 15 is 0 Å². The van der Waals surface area contributed by atoms with Gasteiger partial charge in [0.05, 0.1) is 25.8 Å². The lowest BCUT2D eigenvalue weighted by atomic mass is 9.99. The van der Waals surface area contributed by atoms with Crippen LogP contribution in [0.3, 0.4) is 0 Å². The Morgan fingerprint density at radius 3 is 2.45 bits per heavy atom. The molecule has 0 aliphatic heterocycles. The Morgan fingerprint density at radius 1 is 1.00 bits per heavy atom. The Morgan fingerprint density at radius 2 is 1.76 bits per heavy atom. The number of oxazole rings is 1. The molecule has 0 radical (unpaired) electrons. The van der Waals surface area contributed by atoms with Crippen molar-refractivity contribution in [1.82, 2.24) is 10.3 Å². The van der Waals surface area contributed by atoms with E-state index in [1.165, 1.54) is 7.11 Å². The molecule has 9 nitrogen and oxygen atoms in total.